The molecule has 0 radical (unpaired) electrons. The molecule has 29 heavy (non-hydrogen) atoms. The number of aryl methyl sites for hydroxylation is 2. The number of carbonyl (C=O) groups excluding carboxylic acids is 1. The zero-order valence-electron chi connectivity index (χ0n) is 16.7. The van der Waals surface area contributed by atoms with Crippen LogP contribution in [-0.2, 0) is 0 Å². The van der Waals surface area contributed by atoms with E-state index in [1.54, 1.807) is 11.8 Å². The minimum Gasteiger partial charge on any atom is -0.354 e. The highest BCUT2D eigenvalue weighted by Gasteiger charge is 2.13. The molecule has 0 saturated carbocycles. The molecule has 0 unspecified atom stereocenters. The second-order valence-electron chi connectivity index (χ2n) is 7.22. The smallest absolute Gasteiger partial charge is 0.251 e. The van der Waals surface area contributed by atoms with E-state index in [4.69, 9.17) is 0 Å². The first kappa shape index (κ1) is 19.3. The molecular formula is C25H24N2OS. The molecule has 4 aromatic rings. The van der Waals surface area contributed by atoms with Crippen molar-refractivity contribution < 1.29 is 4.79 Å². The summed E-state index contributed by atoms with van der Waals surface area (Å²) in [6.45, 7) is 4.65. The fourth-order valence-electron chi connectivity index (χ4n) is 3.60. The van der Waals surface area contributed by atoms with E-state index in [1.807, 2.05) is 38.1 Å². The number of carbonyl (C=O) groups is 1. The Morgan fingerprint density at radius 1 is 0.931 bits per heavy atom. The van der Waals surface area contributed by atoms with Crippen molar-refractivity contribution in [3.8, 4) is 11.3 Å². The molecule has 3 aromatic carbocycles. The zero-order valence-corrected chi connectivity index (χ0v) is 17.5. The van der Waals surface area contributed by atoms with Crippen LogP contribution in [0.25, 0.3) is 22.2 Å². The average Bonchev–Trinajstić information content (AvgIpc) is 3.09. The molecule has 4 rings (SSSR count). The Hall–Kier alpha value is -2.98. The van der Waals surface area contributed by atoms with E-state index in [1.165, 1.54) is 15.8 Å². The Morgan fingerprint density at radius 3 is 2.38 bits per heavy atom. The second kappa shape index (κ2) is 8.58. The molecule has 4 heteroatoms. The molecule has 0 saturated heterocycles. The lowest BCUT2D eigenvalue weighted by molar-refractivity contribution is 0.0956. The molecule has 0 atom stereocenters. The largest absolute Gasteiger partial charge is 0.354 e. The Bertz CT molecular complexity index is 1130. The summed E-state index contributed by atoms with van der Waals surface area (Å²) in [5, 5.41) is 4.27. The molecule has 1 aromatic heterocycles. The molecule has 2 N–H and O–H groups in total. The Balaban J connectivity index is 1.48. The van der Waals surface area contributed by atoms with Crippen molar-refractivity contribution in [1.29, 1.82) is 0 Å². The topological polar surface area (TPSA) is 44.9 Å². The van der Waals surface area contributed by atoms with Gasteiger partial charge in [0.1, 0.15) is 0 Å². The summed E-state index contributed by atoms with van der Waals surface area (Å²) in [5.74, 6) is 0.790. The molecule has 1 heterocycles. The van der Waals surface area contributed by atoms with Crippen LogP contribution in [0.4, 0.5) is 0 Å². The normalized spacial score (nSPS) is 11.0. The molecule has 146 valence electrons. The van der Waals surface area contributed by atoms with Crippen molar-refractivity contribution >= 4 is 28.6 Å². The van der Waals surface area contributed by atoms with Crippen molar-refractivity contribution in [3.63, 3.8) is 0 Å². The molecule has 0 aliphatic carbocycles. The Kier molecular flexibility index (Phi) is 5.72. The van der Waals surface area contributed by atoms with Gasteiger partial charge in [-0.25, -0.2) is 0 Å². The molecule has 0 aliphatic rings. The van der Waals surface area contributed by atoms with E-state index in [0.29, 0.717) is 6.54 Å². The average molecular weight is 401 g/mol. The summed E-state index contributed by atoms with van der Waals surface area (Å²) >= 11 is 1.78. The van der Waals surface area contributed by atoms with Gasteiger partial charge in [-0.3, -0.25) is 4.79 Å². The van der Waals surface area contributed by atoms with E-state index in [9.17, 15) is 4.79 Å². The van der Waals surface area contributed by atoms with Gasteiger partial charge in [0.05, 0.1) is 5.69 Å². The van der Waals surface area contributed by atoms with Crippen LogP contribution >= 0.6 is 11.8 Å². The van der Waals surface area contributed by atoms with Gasteiger partial charge in [-0.15, -0.1) is 11.8 Å². The van der Waals surface area contributed by atoms with Crippen molar-refractivity contribution in [1.82, 2.24) is 10.3 Å². The third-order valence-electron chi connectivity index (χ3n) is 4.84. The molecule has 1 amide bonds. The molecule has 0 aliphatic heterocycles. The number of rotatable bonds is 6. The number of hydrogen-bond donors (Lipinski definition) is 2. The summed E-state index contributed by atoms with van der Waals surface area (Å²) in [4.78, 5) is 17.3. The standard InChI is InChI=1S/C25H24N2OS/c1-17-14-18(2)16-20(15-17)25(28)26-12-13-29-24-21-10-6-7-11-22(21)27-23(24)19-8-4-3-5-9-19/h3-11,14-16,27H,12-13H2,1-2H3,(H,26,28). The molecule has 0 bridgehead atoms. The van der Waals surface area contributed by atoms with Gasteiger partial charge in [-0.2, -0.15) is 0 Å². The number of amides is 1. The molecule has 0 fully saturated rings. The maximum atomic E-state index is 12.5. The van der Waals surface area contributed by atoms with Gasteiger partial charge in [-0.05, 0) is 37.6 Å². The van der Waals surface area contributed by atoms with Crippen LogP contribution in [0, 0.1) is 13.8 Å². The minimum absolute atomic E-state index is 0.0143. The zero-order chi connectivity index (χ0) is 20.2. The van der Waals surface area contributed by atoms with Gasteiger partial charge in [0.25, 0.3) is 5.91 Å². The van der Waals surface area contributed by atoms with Crippen molar-refractivity contribution in [2.45, 2.75) is 18.7 Å². The fourth-order valence-corrected chi connectivity index (χ4v) is 4.65. The number of nitrogens with one attached hydrogen (secondary N) is 2. The first-order valence-corrected chi connectivity index (χ1v) is 10.8. The van der Waals surface area contributed by atoms with E-state index in [2.05, 4.69) is 58.8 Å². The van der Waals surface area contributed by atoms with Crippen LogP contribution in [0.2, 0.25) is 0 Å². The number of fused-ring (bicyclic) bond motifs is 1. The third-order valence-corrected chi connectivity index (χ3v) is 5.96. The van der Waals surface area contributed by atoms with Gasteiger partial charge in [0.15, 0.2) is 0 Å². The molecular weight excluding hydrogens is 376 g/mol. The summed E-state index contributed by atoms with van der Waals surface area (Å²) in [7, 11) is 0. The van der Waals surface area contributed by atoms with Gasteiger partial charge in [0, 0.05) is 33.7 Å². The number of aromatic nitrogens is 1. The predicted molar refractivity (Wildman–Crippen MR) is 123 cm³/mol. The van der Waals surface area contributed by atoms with E-state index in [-0.39, 0.29) is 5.91 Å². The summed E-state index contributed by atoms with van der Waals surface area (Å²) in [5.41, 5.74) is 6.38. The lowest BCUT2D eigenvalue weighted by Gasteiger charge is -2.08. The van der Waals surface area contributed by atoms with E-state index in [0.717, 1.165) is 33.7 Å². The minimum atomic E-state index is -0.0143. The third kappa shape index (κ3) is 4.38. The quantitative estimate of drug-likeness (QED) is 0.309. The SMILES string of the molecule is Cc1cc(C)cc(C(=O)NCCSc2c(-c3ccccc3)[nH]c3ccccc23)c1. The van der Waals surface area contributed by atoms with Crippen LogP contribution in [-0.4, -0.2) is 23.2 Å². The first-order chi connectivity index (χ1) is 14.1. The number of thioether (sulfide) groups is 1. The predicted octanol–water partition coefficient (Wildman–Crippen LogP) is 5.97. The monoisotopic (exact) mass is 400 g/mol. The van der Waals surface area contributed by atoms with Crippen LogP contribution < -0.4 is 5.32 Å². The lowest BCUT2D eigenvalue weighted by atomic mass is 10.1. The van der Waals surface area contributed by atoms with Gasteiger partial charge in [0.2, 0.25) is 0 Å². The van der Waals surface area contributed by atoms with Crippen molar-refractivity contribution in [3.05, 3.63) is 89.5 Å². The highest BCUT2D eigenvalue weighted by Crippen LogP contribution is 2.37. The van der Waals surface area contributed by atoms with E-state index >= 15 is 0 Å². The summed E-state index contributed by atoms with van der Waals surface area (Å²) < 4.78 is 0. The van der Waals surface area contributed by atoms with Crippen molar-refractivity contribution in [2.75, 3.05) is 12.3 Å². The van der Waals surface area contributed by atoms with E-state index < -0.39 is 0 Å². The van der Waals surface area contributed by atoms with Gasteiger partial charge < -0.3 is 10.3 Å². The Labute approximate surface area is 175 Å². The maximum absolute atomic E-state index is 12.5. The highest BCUT2D eigenvalue weighted by molar-refractivity contribution is 7.99. The first-order valence-electron chi connectivity index (χ1n) is 9.77. The van der Waals surface area contributed by atoms with Gasteiger partial charge in [-0.1, -0.05) is 65.7 Å². The number of benzene rings is 3. The Morgan fingerprint density at radius 2 is 1.62 bits per heavy atom. The molecule has 3 nitrogen and oxygen atoms in total. The number of para-hydroxylation sites is 1. The van der Waals surface area contributed by atoms with Gasteiger partial charge >= 0.3 is 0 Å². The van der Waals surface area contributed by atoms with Crippen LogP contribution in [0.1, 0.15) is 21.5 Å². The summed E-state index contributed by atoms with van der Waals surface area (Å²) in [6, 6.07) is 24.7. The lowest BCUT2D eigenvalue weighted by Crippen LogP contribution is -2.25. The van der Waals surface area contributed by atoms with Crippen molar-refractivity contribution in [2.24, 2.45) is 0 Å². The van der Waals surface area contributed by atoms with Crippen LogP contribution in [0.15, 0.2) is 77.7 Å². The molecule has 0 spiro atoms. The highest BCUT2D eigenvalue weighted by atomic mass is 32.2. The van der Waals surface area contributed by atoms with Crippen LogP contribution in [0.3, 0.4) is 0 Å². The number of aromatic amines is 1. The number of hydrogen-bond acceptors (Lipinski definition) is 2. The fraction of sp³-hybridized carbons (Fsp3) is 0.160. The maximum Gasteiger partial charge on any atom is 0.251 e. The summed E-state index contributed by atoms with van der Waals surface area (Å²) in [6.07, 6.45) is 0. The number of H-pyrrole nitrogens is 1. The van der Waals surface area contributed by atoms with Crippen LogP contribution in [0.5, 0.6) is 0 Å². The second-order valence-corrected chi connectivity index (χ2v) is 8.33.